The molecular weight excluding hydrogens is 296 g/mol. The van der Waals surface area contributed by atoms with Crippen LogP contribution in [-0.2, 0) is 14.3 Å². The molecule has 0 aromatic rings. The number of aliphatic hydroxyl groups excluding tert-OH is 1. The van der Waals surface area contributed by atoms with Crippen molar-refractivity contribution in [1.82, 2.24) is 4.90 Å². The summed E-state index contributed by atoms with van der Waals surface area (Å²) in [5.41, 5.74) is -0.562. The zero-order chi connectivity index (χ0) is 17.4. The lowest BCUT2D eigenvalue weighted by molar-refractivity contribution is -0.149. The number of allylic oxidation sites excluding steroid dienone is 1. The minimum atomic E-state index is -0.673. The van der Waals surface area contributed by atoms with Crippen molar-refractivity contribution in [3.8, 4) is 0 Å². The number of nitrogens with one attached hydrogen (secondary N) is 1. The Bertz CT molecular complexity index is 625. The summed E-state index contributed by atoms with van der Waals surface area (Å²) in [5, 5.41) is 18.3. The highest BCUT2D eigenvalue weighted by atomic mass is 16.6. The summed E-state index contributed by atoms with van der Waals surface area (Å²) in [5.74, 6) is -0.410. The van der Waals surface area contributed by atoms with E-state index in [9.17, 15) is 9.90 Å². The molecule has 6 heteroatoms. The molecule has 0 fully saturated rings. The van der Waals surface area contributed by atoms with Crippen LogP contribution < -0.4 is 0 Å². The highest BCUT2D eigenvalue weighted by Crippen LogP contribution is 2.41. The first-order chi connectivity index (χ1) is 10.6. The van der Waals surface area contributed by atoms with Gasteiger partial charge < -0.3 is 19.5 Å². The van der Waals surface area contributed by atoms with Gasteiger partial charge in [-0.25, -0.2) is 4.79 Å². The Morgan fingerprint density at radius 2 is 2.09 bits per heavy atom. The molecule has 0 spiro atoms. The van der Waals surface area contributed by atoms with E-state index in [1.165, 1.54) is 6.08 Å². The minimum absolute atomic E-state index is 0.0555. The van der Waals surface area contributed by atoms with E-state index in [1.807, 2.05) is 6.92 Å². The van der Waals surface area contributed by atoms with Crippen molar-refractivity contribution < 1.29 is 19.4 Å². The number of rotatable bonds is 4. The zero-order valence-corrected chi connectivity index (χ0v) is 14.3. The maximum Gasteiger partial charge on any atom is 0.342 e. The molecule has 2 rings (SSSR count). The number of hydrogen-bond donors (Lipinski definition) is 2. The van der Waals surface area contributed by atoms with Crippen LogP contribution >= 0.6 is 0 Å². The van der Waals surface area contributed by atoms with Gasteiger partial charge in [-0.3, -0.25) is 5.41 Å². The van der Waals surface area contributed by atoms with Crippen LogP contribution in [0, 0.1) is 5.41 Å². The maximum atomic E-state index is 12.6. The number of carbonyl (C=O) groups excluding carboxylic acids is 1. The van der Waals surface area contributed by atoms with E-state index < -0.39 is 17.1 Å². The largest absolute Gasteiger partial charge is 0.508 e. The Balaban J connectivity index is 2.47. The van der Waals surface area contributed by atoms with E-state index in [0.29, 0.717) is 18.7 Å². The summed E-state index contributed by atoms with van der Waals surface area (Å²) in [6.07, 6.45) is 4.90. The summed E-state index contributed by atoms with van der Waals surface area (Å²) < 4.78 is 10.6. The van der Waals surface area contributed by atoms with Gasteiger partial charge in [0, 0.05) is 19.2 Å². The molecule has 126 valence electrons. The average Bonchev–Trinajstić information content (AvgIpc) is 2.62. The van der Waals surface area contributed by atoms with Gasteiger partial charge in [0.1, 0.15) is 22.8 Å². The Morgan fingerprint density at radius 3 is 2.65 bits per heavy atom. The van der Waals surface area contributed by atoms with Crippen molar-refractivity contribution >= 4 is 11.8 Å². The maximum absolute atomic E-state index is 12.6. The highest BCUT2D eigenvalue weighted by molar-refractivity contribution is 6.21. The summed E-state index contributed by atoms with van der Waals surface area (Å²) >= 11 is 0. The van der Waals surface area contributed by atoms with Crippen molar-refractivity contribution in [3.63, 3.8) is 0 Å². The number of methoxy groups -OCH3 is 1. The molecule has 1 atom stereocenters. The van der Waals surface area contributed by atoms with Crippen molar-refractivity contribution in [3.05, 3.63) is 35.1 Å². The van der Waals surface area contributed by atoms with E-state index in [1.54, 1.807) is 44.9 Å². The number of hydrogen-bond acceptors (Lipinski definition) is 5. The zero-order valence-electron chi connectivity index (χ0n) is 14.3. The third-order valence-corrected chi connectivity index (χ3v) is 3.87. The number of ether oxygens (including phenoxy) is 2. The minimum Gasteiger partial charge on any atom is -0.508 e. The molecule has 2 N–H and O–H groups in total. The highest BCUT2D eigenvalue weighted by Gasteiger charge is 2.48. The van der Waals surface area contributed by atoms with E-state index in [-0.39, 0.29) is 17.2 Å². The van der Waals surface area contributed by atoms with Crippen LogP contribution in [0.15, 0.2) is 35.1 Å². The van der Waals surface area contributed by atoms with Gasteiger partial charge in [0.2, 0.25) is 0 Å². The fourth-order valence-corrected chi connectivity index (χ4v) is 2.80. The van der Waals surface area contributed by atoms with Gasteiger partial charge in [0.25, 0.3) is 0 Å². The van der Waals surface area contributed by atoms with Crippen molar-refractivity contribution in [2.45, 2.75) is 38.8 Å². The summed E-state index contributed by atoms with van der Waals surface area (Å²) in [6.45, 7) is 8.14. The second kappa shape index (κ2) is 5.85. The molecule has 0 bridgehead atoms. The van der Waals surface area contributed by atoms with Crippen LogP contribution in [0.25, 0.3) is 0 Å². The second-order valence-corrected chi connectivity index (χ2v) is 6.83. The summed E-state index contributed by atoms with van der Waals surface area (Å²) in [4.78, 5) is 14.4. The van der Waals surface area contributed by atoms with Crippen LogP contribution in [0.4, 0.5) is 0 Å². The normalized spacial score (nSPS) is 24.0. The van der Waals surface area contributed by atoms with Crippen molar-refractivity contribution in [2.75, 3.05) is 20.3 Å². The Kier molecular flexibility index (Phi) is 4.39. The first kappa shape index (κ1) is 17.3. The van der Waals surface area contributed by atoms with E-state index in [0.717, 1.165) is 0 Å². The molecule has 0 saturated heterocycles. The molecule has 1 aliphatic heterocycles. The Morgan fingerprint density at radius 1 is 1.43 bits per heavy atom. The molecule has 0 radical (unpaired) electrons. The monoisotopic (exact) mass is 320 g/mol. The summed E-state index contributed by atoms with van der Waals surface area (Å²) in [6, 6.07) is 0. The van der Waals surface area contributed by atoms with Gasteiger partial charge in [-0.2, -0.15) is 0 Å². The molecule has 23 heavy (non-hydrogen) atoms. The van der Waals surface area contributed by atoms with Crippen LogP contribution in [0.2, 0.25) is 0 Å². The number of fused-ring (bicyclic) bond motifs is 1. The fourth-order valence-electron chi connectivity index (χ4n) is 2.80. The predicted octanol–water partition coefficient (Wildman–Crippen LogP) is 2.33. The molecule has 1 heterocycles. The lowest BCUT2D eigenvalue weighted by Crippen LogP contribution is -2.46. The Hall–Kier alpha value is -2.08. The number of esters is 1. The van der Waals surface area contributed by atoms with Gasteiger partial charge in [-0.05, 0) is 39.8 Å². The summed E-state index contributed by atoms with van der Waals surface area (Å²) in [7, 11) is 1.59. The van der Waals surface area contributed by atoms with Crippen molar-refractivity contribution in [2.24, 2.45) is 0 Å². The quantitative estimate of drug-likeness (QED) is 0.777. The number of aliphatic hydroxyl groups is 1. The average molecular weight is 320 g/mol. The van der Waals surface area contributed by atoms with Crippen molar-refractivity contribution in [1.29, 1.82) is 5.41 Å². The third-order valence-electron chi connectivity index (χ3n) is 3.87. The van der Waals surface area contributed by atoms with Gasteiger partial charge in [0.15, 0.2) is 0 Å². The fraction of sp³-hybridized carbons (Fsp3) is 0.529. The molecule has 0 amide bonds. The molecule has 0 aromatic heterocycles. The van der Waals surface area contributed by atoms with Crippen LogP contribution in [0.5, 0.6) is 0 Å². The Labute approximate surface area is 136 Å². The molecule has 2 aliphatic rings. The van der Waals surface area contributed by atoms with Gasteiger partial charge in [-0.1, -0.05) is 6.08 Å². The smallest absolute Gasteiger partial charge is 0.342 e. The van der Waals surface area contributed by atoms with E-state index in [2.05, 4.69) is 0 Å². The molecule has 0 saturated carbocycles. The van der Waals surface area contributed by atoms with Gasteiger partial charge in [0.05, 0.1) is 12.1 Å². The van der Waals surface area contributed by atoms with Gasteiger partial charge >= 0.3 is 5.97 Å². The van der Waals surface area contributed by atoms with Crippen LogP contribution in [0.3, 0.4) is 0 Å². The van der Waals surface area contributed by atoms with Gasteiger partial charge in [-0.15, -0.1) is 0 Å². The molecular formula is C17H24N2O4. The van der Waals surface area contributed by atoms with E-state index in [4.69, 9.17) is 14.9 Å². The lowest BCUT2D eigenvalue weighted by Gasteiger charge is -2.37. The van der Waals surface area contributed by atoms with E-state index >= 15 is 0 Å². The SMILES string of the molecule is COCCN1C(=N)C(C(=O)OC(C)(C)C)=C2C=C(O)C=CC21C. The number of amidine groups is 1. The molecule has 1 aliphatic carbocycles. The molecule has 6 nitrogen and oxygen atoms in total. The number of carbonyl (C=O) groups is 1. The molecule has 1 unspecified atom stereocenters. The van der Waals surface area contributed by atoms with Crippen LogP contribution in [-0.4, -0.2) is 53.2 Å². The predicted molar refractivity (Wildman–Crippen MR) is 87.4 cm³/mol. The van der Waals surface area contributed by atoms with Crippen LogP contribution in [0.1, 0.15) is 27.7 Å². The first-order valence-electron chi connectivity index (χ1n) is 7.53. The number of nitrogens with zero attached hydrogens (tertiary/aromatic N) is 1. The second-order valence-electron chi connectivity index (χ2n) is 6.83. The third kappa shape index (κ3) is 3.17. The first-order valence-corrected chi connectivity index (χ1v) is 7.53. The molecule has 0 aromatic carbocycles. The standard InChI is InChI=1S/C17H24N2O4/c1-16(2,3)23-15(21)13-12-10-11(20)6-7-17(12,4)19(14(13)18)8-9-22-5/h6-7,10,18,20H,8-9H2,1-5H3. The lowest BCUT2D eigenvalue weighted by atomic mass is 9.86. The topological polar surface area (TPSA) is 82.9 Å².